The zero-order chi connectivity index (χ0) is 31.0. The van der Waals surface area contributed by atoms with Crippen LogP contribution >= 0.6 is 23.2 Å². The molecule has 1 amide bonds. The molecule has 0 N–H and O–H groups in total. The van der Waals surface area contributed by atoms with Gasteiger partial charge in [0.1, 0.15) is 29.7 Å². The smallest absolute Gasteiger partial charge is 0.387 e. The highest BCUT2D eigenvalue weighted by Crippen LogP contribution is 2.38. The second-order valence-electron chi connectivity index (χ2n) is 10.1. The first-order chi connectivity index (χ1) is 20.4. The Kier molecular flexibility index (Phi) is 8.79. The van der Waals surface area contributed by atoms with Crippen LogP contribution in [0.2, 0.25) is 10.0 Å². The molecule has 0 bridgehead atoms. The molecule has 0 radical (unpaired) electrons. The number of ether oxygens (including phenoxy) is 3. The van der Waals surface area contributed by atoms with Gasteiger partial charge in [0.2, 0.25) is 0 Å². The average Bonchev–Trinajstić information content (AvgIpc) is 3.74. The van der Waals surface area contributed by atoms with Gasteiger partial charge in [-0.25, -0.2) is 13.3 Å². The summed E-state index contributed by atoms with van der Waals surface area (Å²) in [6.45, 7) is -3.67. The molecule has 1 saturated carbocycles. The first kappa shape index (κ1) is 30.6. The molecule has 226 valence electrons. The van der Waals surface area contributed by atoms with E-state index in [9.17, 15) is 31.9 Å². The van der Waals surface area contributed by atoms with E-state index in [0.717, 1.165) is 12.8 Å². The maximum atomic E-state index is 13.9. The summed E-state index contributed by atoms with van der Waals surface area (Å²) in [6, 6.07) is 5.26. The fraction of sp³-hybridized carbons (Fsp3) is 0.310. The molecule has 0 saturated heterocycles. The van der Waals surface area contributed by atoms with Gasteiger partial charge in [0, 0.05) is 18.1 Å². The lowest BCUT2D eigenvalue weighted by Crippen LogP contribution is -2.36. The zero-order valence-electron chi connectivity index (χ0n) is 22.4. The highest BCUT2D eigenvalue weighted by atomic mass is 35.5. The lowest BCUT2D eigenvalue weighted by Gasteiger charge is -2.23. The van der Waals surface area contributed by atoms with Crippen LogP contribution in [0.4, 0.5) is 23.2 Å². The number of fused-ring (bicyclic) bond motifs is 1. The standard InChI is InChI=1S/C29H23Cl2F4N2O6/c1-36-10-18(30)16(19(31)11-36)8-24(15-4-5-23(43-29(34)35)25(6-15)41-13-14-2-3-14)42-26(38)12-37-22-9-21(33)20(32)7-17(22)27(39)28(37)40/h4-7,9-11,14,24,29H,2-3,8,12-13H2,1H3/q+1/t24-/m0/s1. The van der Waals surface area contributed by atoms with Gasteiger partial charge in [0.25, 0.3) is 11.7 Å². The van der Waals surface area contributed by atoms with E-state index in [1.807, 2.05) is 0 Å². The van der Waals surface area contributed by atoms with Crippen molar-refractivity contribution in [3.63, 3.8) is 0 Å². The summed E-state index contributed by atoms with van der Waals surface area (Å²) in [6.07, 6.45) is 3.77. The highest BCUT2D eigenvalue weighted by Gasteiger charge is 2.39. The van der Waals surface area contributed by atoms with Gasteiger partial charge in [-0.3, -0.25) is 19.3 Å². The first-order valence-electron chi connectivity index (χ1n) is 13.0. The normalized spacial score (nSPS) is 15.1. The summed E-state index contributed by atoms with van der Waals surface area (Å²) in [5.74, 6) is -5.89. The number of amides is 1. The van der Waals surface area contributed by atoms with Gasteiger partial charge < -0.3 is 14.2 Å². The van der Waals surface area contributed by atoms with Crippen LogP contribution in [0.3, 0.4) is 0 Å². The number of ketones is 1. The van der Waals surface area contributed by atoms with Crippen molar-refractivity contribution in [2.75, 3.05) is 18.1 Å². The molecule has 14 heteroatoms. The third kappa shape index (κ3) is 6.86. The maximum Gasteiger partial charge on any atom is 0.387 e. The highest BCUT2D eigenvalue weighted by molar-refractivity contribution is 6.52. The summed E-state index contributed by atoms with van der Waals surface area (Å²) in [5.41, 5.74) is 0.00530. The predicted molar refractivity (Wildman–Crippen MR) is 145 cm³/mol. The molecule has 0 unspecified atom stereocenters. The number of hydrogen-bond acceptors (Lipinski definition) is 6. The lowest BCUT2D eigenvalue weighted by atomic mass is 10.0. The molecule has 2 heterocycles. The number of halogens is 6. The third-order valence-electron chi connectivity index (χ3n) is 6.90. The first-order valence-corrected chi connectivity index (χ1v) is 13.8. The monoisotopic (exact) mass is 641 g/mol. The Labute approximate surface area is 252 Å². The van der Waals surface area contributed by atoms with E-state index in [-0.39, 0.29) is 46.2 Å². The van der Waals surface area contributed by atoms with Gasteiger partial charge in [-0.1, -0.05) is 29.3 Å². The van der Waals surface area contributed by atoms with Crippen molar-refractivity contribution in [3.8, 4) is 11.5 Å². The maximum absolute atomic E-state index is 13.9. The van der Waals surface area contributed by atoms with Crippen molar-refractivity contribution in [1.82, 2.24) is 0 Å². The van der Waals surface area contributed by atoms with Crippen LogP contribution in [-0.2, 0) is 27.8 Å². The van der Waals surface area contributed by atoms with Crippen LogP contribution in [0.15, 0.2) is 42.7 Å². The van der Waals surface area contributed by atoms with Gasteiger partial charge in [0.15, 0.2) is 35.5 Å². The van der Waals surface area contributed by atoms with E-state index in [1.165, 1.54) is 18.2 Å². The van der Waals surface area contributed by atoms with Crippen molar-refractivity contribution in [3.05, 3.63) is 81.1 Å². The Balaban J connectivity index is 1.46. The molecular weight excluding hydrogens is 619 g/mol. The minimum atomic E-state index is -3.12. The number of hydrogen-bond donors (Lipinski definition) is 0. The summed E-state index contributed by atoms with van der Waals surface area (Å²) < 4.78 is 71.5. The number of rotatable bonds is 11. The second kappa shape index (κ2) is 12.4. The van der Waals surface area contributed by atoms with Crippen LogP contribution in [0.25, 0.3) is 0 Å². The van der Waals surface area contributed by atoms with Crippen molar-refractivity contribution in [2.45, 2.75) is 32.0 Å². The van der Waals surface area contributed by atoms with Gasteiger partial charge in [0.05, 0.1) is 17.9 Å². The number of carbonyl (C=O) groups is 3. The topological polar surface area (TPSA) is 86.0 Å². The molecule has 5 rings (SSSR count). The molecule has 1 aromatic heterocycles. The number of aryl methyl sites for hydroxylation is 1. The number of Topliss-reactive ketones (excluding diaryl/α,β-unsaturated/α-hetero) is 1. The summed E-state index contributed by atoms with van der Waals surface area (Å²) >= 11 is 12.9. The fourth-order valence-electron chi connectivity index (χ4n) is 4.57. The van der Waals surface area contributed by atoms with Crippen LogP contribution in [0, 0.1) is 17.6 Å². The van der Waals surface area contributed by atoms with Crippen molar-refractivity contribution in [2.24, 2.45) is 13.0 Å². The van der Waals surface area contributed by atoms with Gasteiger partial charge in [-0.15, -0.1) is 0 Å². The molecule has 1 atom stereocenters. The Bertz CT molecular complexity index is 1600. The van der Waals surface area contributed by atoms with Crippen LogP contribution in [-0.4, -0.2) is 37.4 Å². The van der Waals surface area contributed by atoms with Crippen LogP contribution < -0.4 is 18.9 Å². The minimum Gasteiger partial charge on any atom is -0.489 e. The SMILES string of the molecule is C[n+]1cc(Cl)c(C[C@H](OC(=O)CN2C(=O)C(=O)c3cc(F)c(F)cc32)c2ccc(OC(F)F)c(OCC3CC3)c2)c(Cl)c1. The number of esters is 1. The quantitative estimate of drug-likeness (QED) is 0.118. The van der Waals surface area contributed by atoms with Crippen molar-refractivity contribution in [1.29, 1.82) is 0 Å². The molecular formula is C29H23Cl2F4N2O6+. The summed E-state index contributed by atoms with van der Waals surface area (Å²) in [5, 5.41) is 0.483. The average molecular weight is 642 g/mol. The molecule has 8 nitrogen and oxygen atoms in total. The number of alkyl halides is 2. The van der Waals surface area contributed by atoms with Crippen LogP contribution in [0.1, 0.15) is 40.4 Å². The van der Waals surface area contributed by atoms with E-state index in [1.54, 1.807) is 24.0 Å². The Morgan fingerprint density at radius 1 is 1.05 bits per heavy atom. The zero-order valence-corrected chi connectivity index (χ0v) is 23.9. The van der Waals surface area contributed by atoms with Crippen LogP contribution in [0.5, 0.6) is 11.5 Å². The Morgan fingerprint density at radius 2 is 1.72 bits per heavy atom. The predicted octanol–water partition coefficient (Wildman–Crippen LogP) is 5.54. The van der Waals surface area contributed by atoms with E-state index in [4.69, 9.17) is 32.7 Å². The van der Waals surface area contributed by atoms with Crippen molar-refractivity contribution >= 4 is 46.5 Å². The Hall–Kier alpha value is -3.90. The molecule has 3 aromatic rings. The fourth-order valence-corrected chi connectivity index (χ4v) is 5.28. The van der Waals surface area contributed by atoms with E-state index < -0.39 is 54.1 Å². The molecule has 1 fully saturated rings. The molecule has 2 aromatic carbocycles. The number of pyridine rings is 1. The largest absolute Gasteiger partial charge is 0.489 e. The van der Waals surface area contributed by atoms with E-state index >= 15 is 0 Å². The molecule has 1 aliphatic carbocycles. The van der Waals surface area contributed by atoms with Gasteiger partial charge >= 0.3 is 12.6 Å². The molecule has 0 spiro atoms. The minimum absolute atomic E-state index is 0.00542. The lowest BCUT2D eigenvalue weighted by molar-refractivity contribution is -0.671. The molecule has 43 heavy (non-hydrogen) atoms. The van der Waals surface area contributed by atoms with E-state index in [0.29, 0.717) is 28.2 Å². The number of benzene rings is 2. The number of carbonyl (C=O) groups excluding carboxylic acids is 3. The molecule has 1 aliphatic heterocycles. The van der Waals surface area contributed by atoms with Gasteiger partial charge in [-0.2, -0.15) is 8.78 Å². The number of anilines is 1. The third-order valence-corrected chi connectivity index (χ3v) is 7.55. The number of nitrogens with zero attached hydrogens (tertiary/aromatic N) is 2. The van der Waals surface area contributed by atoms with Gasteiger partial charge in [-0.05, 0) is 42.5 Å². The van der Waals surface area contributed by atoms with E-state index in [2.05, 4.69) is 4.74 Å². The van der Waals surface area contributed by atoms with Crippen molar-refractivity contribution < 1.29 is 50.7 Å². The number of aromatic nitrogens is 1. The summed E-state index contributed by atoms with van der Waals surface area (Å²) in [7, 11) is 1.70. The summed E-state index contributed by atoms with van der Waals surface area (Å²) in [4.78, 5) is 38.8. The molecule has 2 aliphatic rings. The second-order valence-corrected chi connectivity index (χ2v) is 10.9. The Morgan fingerprint density at radius 3 is 2.37 bits per heavy atom.